The van der Waals surface area contributed by atoms with Gasteiger partial charge in [0.05, 0.1) is 18.8 Å². The molecule has 0 heterocycles. The lowest BCUT2D eigenvalue weighted by atomic mass is 10.1. The van der Waals surface area contributed by atoms with Crippen LogP contribution in [0.2, 0.25) is 0 Å². The predicted molar refractivity (Wildman–Crippen MR) is 156 cm³/mol. The molecule has 0 radical (unpaired) electrons. The van der Waals surface area contributed by atoms with Crippen LogP contribution in [0.25, 0.3) is 0 Å². The van der Waals surface area contributed by atoms with Crippen molar-refractivity contribution in [3.05, 3.63) is 36.5 Å². The lowest BCUT2D eigenvalue weighted by Gasteiger charge is -2.19. The predicted octanol–water partition coefficient (Wildman–Crippen LogP) is 8.33. The third kappa shape index (κ3) is 24.3. The molecule has 0 aromatic carbocycles. The summed E-state index contributed by atoms with van der Waals surface area (Å²) in [6, 6.07) is -0.635. The molecule has 1 amide bonds. The van der Waals surface area contributed by atoms with Gasteiger partial charge in [-0.15, -0.1) is 0 Å². The van der Waals surface area contributed by atoms with Crippen LogP contribution in [-0.4, -0.2) is 34.9 Å². The Kier molecular flexibility index (Phi) is 27.1. The van der Waals surface area contributed by atoms with E-state index in [4.69, 9.17) is 0 Å². The van der Waals surface area contributed by atoms with Gasteiger partial charge in [0.2, 0.25) is 5.91 Å². The highest BCUT2D eigenvalue weighted by atomic mass is 16.3. The van der Waals surface area contributed by atoms with E-state index < -0.39 is 12.1 Å². The molecule has 0 bridgehead atoms. The second-order valence-corrected chi connectivity index (χ2v) is 10.2. The minimum absolute atomic E-state index is 0.0863. The Morgan fingerprint density at radius 2 is 1.14 bits per heavy atom. The van der Waals surface area contributed by atoms with Crippen molar-refractivity contribution in [1.29, 1.82) is 0 Å². The second kappa shape index (κ2) is 28.2. The summed E-state index contributed by atoms with van der Waals surface area (Å²) in [5.74, 6) is -0.0863. The molecular formula is C32H59NO3. The lowest BCUT2D eigenvalue weighted by Crippen LogP contribution is -2.45. The summed E-state index contributed by atoms with van der Waals surface area (Å²) in [5.41, 5.74) is 0. The Bertz CT molecular complexity index is 556. The molecule has 0 rings (SSSR count). The third-order valence-electron chi connectivity index (χ3n) is 6.58. The number of unbranched alkanes of at least 4 members (excludes halogenated alkanes) is 15. The zero-order valence-corrected chi connectivity index (χ0v) is 23.8. The van der Waals surface area contributed by atoms with E-state index in [9.17, 15) is 15.0 Å². The number of hydrogen-bond acceptors (Lipinski definition) is 3. The lowest BCUT2D eigenvalue weighted by molar-refractivity contribution is -0.123. The fraction of sp³-hybridized carbons (Fsp3) is 0.781. The summed E-state index contributed by atoms with van der Waals surface area (Å²) in [6.07, 6.45) is 35.2. The van der Waals surface area contributed by atoms with Crippen LogP contribution in [0.3, 0.4) is 0 Å². The minimum atomic E-state index is -0.857. The fourth-order valence-electron chi connectivity index (χ4n) is 4.19. The molecule has 0 saturated heterocycles. The standard InChI is InChI=1S/C32H59NO3/c1-3-5-7-9-11-12-13-14-15-16-17-18-19-20-22-24-26-28-32(36)33-30(29-34)31(35)27-25-23-21-10-8-6-4-2/h8,10,14-15,25,27,30-31,34-35H,3-7,9,11-13,16-24,26,28-29H2,1-2H3,(H,33,36)/b10-8+,15-14-,27-25+. The quantitative estimate of drug-likeness (QED) is 0.0817. The summed E-state index contributed by atoms with van der Waals surface area (Å²) in [5, 5.41) is 22.6. The van der Waals surface area contributed by atoms with Crippen LogP contribution in [0.1, 0.15) is 142 Å². The van der Waals surface area contributed by atoms with Gasteiger partial charge in [-0.05, 0) is 51.4 Å². The average molecular weight is 506 g/mol. The molecule has 0 aliphatic heterocycles. The normalized spacial score (nSPS) is 13.8. The Morgan fingerprint density at radius 3 is 1.72 bits per heavy atom. The van der Waals surface area contributed by atoms with E-state index in [0.717, 1.165) is 38.5 Å². The van der Waals surface area contributed by atoms with Crippen LogP contribution in [0, 0.1) is 0 Å². The van der Waals surface area contributed by atoms with E-state index in [1.54, 1.807) is 6.08 Å². The Labute approximate surface area is 223 Å². The van der Waals surface area contributed by atoms with Gasteiger partial charge in [-0.3, -0.25) is 4.79 Å². The first kappa shape index (κ1) is 34.6. The van der Waals surface area contributed by atoms with Gasteiger partial charge >= 0.3 is 0 Å². The molecule has 0 aliphatic rings. The Morgan fingerprint density at radius 1 is 0.639 bits per heavy atom. The van der Waals surface area contributed by atoms with Gasteiger partial charge in [0.1, 0.15) is 0 Å². The van der Waals surface area contributed by atoms with E-state index in [1.165, 1.54) is 83.5 Å². The zero-order chi connectivity index (χ0) is 26.5. The van der Waals surface area contributed by atoms with Crippen molar-refractivity contribution in [2.24, 2.45) is 0 Å². The van der Waals surface area contributed by atoms with Gasteiger partial charge in [-0.1, -0.05) is 121 Å². The van der Waals surface area contributed by atoms with Crippen molar-refractivity contribution < 1.29 is 15.0 Å². The van der Waals surface area contributed by atoms with Crippen molar-refractivity contribution in [3.8, 4) is 0 Å². The monoisotopic (exact) mass is 505 g/mol. The third-order valence-corrected chi connectivity index (χ3v) is 6.58. The number of carbonyl (C=O) groups is 1. The fourth-order valence-corrected chi connectivity index (χ4v) is 4.19. The number of rotatable bonds is 26. The van der Waals surface area contributed by atoms with E-state index in [-0.39, 0.29) is 12.5 Å². The van der Waals surface area contributed by atoms with E-state index in [2.05, 4.69) is 43.5 Å². The molecule has 0 aromatic heterocycles. The van der Waals surface area contributed by atoms with Gasteiger partial charge in [0.15, 0.2) is 0 Å². The Balaban J connectivity index is 3.64. The summed E-state index contributed by atoms with van der Waals surface area (Å²) < 4.78 is 0. The van der Waals surface area contributed by atoms with Gasteiger partial charge in [0, 0.05) is 6.42 Å². The van der Waals surface area contributed by atoms with Crippen LogP contribution >= 0.6 is 0 Å². The maximum Gasteiger partial charge on any atom is 0.220 e. The van der Waals surface area contributed by atoms with Crippen LogP contribution in [0.5, 0.6) is 0 Å². The molecule has 210 valence electrons. The molecule has 3 N–H and O–H groups in total. The molecule has 0 saturated carbocycles. The summed E-state index contributed by atoms with van der Waals surface area (Å²) in [4.78, 5) is 12.2. The number of hydrogen-bond donors (Lipinski definition) is 3. The van der Waals surface area contributed by atoms with Crippen molar-refractivity contribution in [2.75, 3.05) is 6.61 Å². The van der Waals surface area contributed by atoms with Gasteiger partial charge in [0.25, 0.3) is 0 Å². The summed E-state index contributed by atoms with van der Waals surface area (Å²) in [6.45, 7) is 4.16. The second-order valence-electron chi connectivity index (χ2n) is 10.2. The van der Waals surface area contributed by atoms with Crippen LogP contribution in [0.15, 0.2) is 36.5 Å². The van der Waals surface area contributed by atoms with Gasteiger partial charge < -0.3 is 15.5 Å². The molecule has 36 heavy (non-hydrogen) atoms. The highest BCUT2D eigenvalue weighted by Crippen LogP contribution is 2.11. The average Bonchev–Trinajstić information content (AvgIpc) is 2.88. The van der Waals surface area contributed by atoms with Crippen molar-refractivity contribution >= 4 is 5.91 Å². The maximum atomic E-state index is 12.2. The highest BCUT2D eigenvalue weighted by Gasteiger charge is 2.17. The minimum Gasteiger partial charge on any atom is -0.394 e. The highest BCUT2D eigenvalue weighted by molar-refractivity contribution is 5.76. The van der Waals surface area contributed by atoms with Crippen LogP contribution in [0.4, 0.5) is 0 Å². The van der Waals surface area contributed by atoms with Crippen molar-refractivity contribution in [1.82, 2.24) is 5.32 Å². The van der Waals surface area contributed by atoms with Gasteiger partial charge in [-0.25, -0.2) is 0 Å². The molecule has 2 unspecified atom stereocenters. The molecule has 0 aliphatic carbocycles. The van der Waals surface area contributed by atoms with Crippen molar-refractivity contribution in [2.45, 2.75) is 154 Å². The van der Waals surface area contributed by atoms with Crippen LogP contribution in [-0.2, 0) is 4.79 Å². The SMILES string of the molecule is CCC/C=C/CC/C=C/C(O)C(CO)NC(=O)CCCCCCCCC/C=C\CCCCCCCC. The largest absolute Gasteiger partial charge is 0.394 e. The number of nitrogens with one attached hydrogen (secondary N) is 1. The molecule has 4 heteroatoms. The maximum absolute atomic E-state index is 12.2. The summed E-state index contributed by atoms with van der Waals surface area (Å²) in [7, 11) is 0. The van der Waals surface area contributed by atoms with E-state index >= 15 is 0 Å². The number of carbonyl (C=O) groups excluding carboxylic acids is 1. The first-order chi connectivity index (χ1) is 17.7. The number of amides is 1. The molecule has 0 fully saturated rings. The molecular weight excluding hydrogens is 446 g/mol. The van der Waals surface area contributed by atoms with E-state index in [0.29, 0.717) is 6.42 Å². The number of aliphatic hydroxyl groups excluding tert-OH is 2. The first-order valence-electron chi connectivity index (χ1n) is 15.2. The summed E-state index contributed by atoms with van der Waals surface area (Å²) >= 11 is 0. The van der Waals surface area contributed by atoms with E-state index in [1.807, 2.05) is 6.08 Å². The Hall–Kier alpha value is -1.39. The topological polar surface area (TPSA) is 69.6 Å². The zero-order valence-electron chi connectivity index (χ0n) is 23.8. The van der Waals surface area contributed by atoms with Crippen molar-refractivity contribution in [3.63, 3.8) is 0 Å². The van der Waals surface area contributed by atoms with Crippen LogP contribution < -0.4 is 5.32 Å². The van der Waals surface area contributed by atoms with Gasteiger partial charge in [-0.2, -0.15) is 0 Å². The molecule has 0 spiro atoms. The number of aliphatic hydroxyl groups is 2. The smallest absolute Gasteiger partial charge is 0.220 e. The molecule has 2 atom stereocenters. The molecule has 4 nitrogen and oxygen atoms in total. The number of allylic oxidation sites excluding steroid dienone is 5. The first-order valence-corrected chi connectivity index (χ1v) is 15.2. The molecule has 0 aromatic rings.